The second-order valence-corrected chi connectivity index (χ2v) is 5.83. The van der Waals surface area contributed by atoms with Gasteiger partial charge in [0.15, 0.2) is 0 Å². The summed E-state index contributed by atoms with van der Waals surface area (Å²) in [5.41, 5.74) is 1.98. The fourth-order valence-electron chi connectivity index (χ4n) is 2.25. The molecular weight excluding hydrogens is 302 g/mol. The molecule has 6 nitrogen and oxygen atoms in total. The minimum absolute atomic E-state index is 0.614. The van der Waals surface area contributed by atoms with Crippen LogP contribution >= 0.6 is 0 Å². The molecule has 24 heavy (non-hydrogen) atoms. The minimum Gasteiger partial charge on any atom is -0.383 e. The molecule has 130 valence electrons. The summed E-state index contributed by atoms with van der Waals surface area (Å²) in [6.07, 6.45) is 1.06. The average Bonchev–Trinajstić information content (AvgIpc) is 2.59. The molecule has 0 aliphatic carbocycles. The Morgan fingerprint density at radius 2 is 1.83 bits per heavy atom. The lowest BCUT2D eigenvalue weighted by atomic mass is 10.1. The van der Waals surface area contributed by atoms with Crippen LogP contribution in [0.2, 0.25) is 0 Å². The highest BCUT2D eigenvalue weighted by atomic mass is 16.5. The maximum absolute atomic E-state index is 5.07. The minimum atomic E-state index is 0.614. The predicted molar refractivity (Wildman–Crippen MR) is 99.5 cm³/mol. The summed E-state index contributed by atoms with van der Waals surface area (Å²) in [6.45, 7) is 3.21. The van der Waals surface area contributed by atoms with Gasteiger partial charge in [0.1, 0.15) is 5.82 Å². The molecule has 1 aromatic heterocycles. The smallest absolute Gasteiger partial charge is 0.225 e. The molecule has 2 N–H and O–H groups in total. The van der Waals surface area contributed by atoms with Gasteiger partial charge in [0.25, 0.3) is 0 Å². The number of aromatic nitrogens is 2. The van der Waals surface area contributed by atoms with Crippen molar-refractivity contribution in [2.24, 2.45) is 0 Å². The van der Waals surface area contributed by atoms with E-state index in [0.29, 0.717) is 19.1 Å². The second-order valence-electron chi connectivity index (χ2n) is 5.83. The first-order valence-electron chi connectivity index (χ1n) is 8.25. The molecule has 0 bridgehead atoms. The zero-order chi connectivity index (χ0) is 17.2. The van der Waals surface area contributed by atoms with E-state index in [9.17, 15) is 0 Å². The Bertz CT molecular complexity index is 604. The van der Waals surface area contributed by atoms with Crippen LogP contribution in [0.25, 0.3) is 11.3 Å². The van der Waals surface area contributed by atoms with Gasteiger partial charge in [-0.05, 0) is 27.1 Å². The average molecular weight is 329 g/mol. The van der Waals surface area contributed by atoms with Gasteiger partial charge in [-0.2, -0.15) is 4.98 Å². The van der Waals surface area contributed by atoms with Gasteiger partial charge in [0.2, 0.25) is 5.95 Å². The van der Waals surface area contributed by atoms with Gasteiger partial charge in [-0.25, -0.2) is 4.98 Å². The Morgan fingerprint density at radius 3 is 2.54 bits per heavy atom. The van der Waals surface area contributed by atoms with Crippen molar-refractivity contribution in [2.75, 3.05) is 58.1 Å². The molecule has 0 amide bonds. The van der Waals surface area contributed by atoms with Crippen LogP contribution in [0.15, 0.2) is 36.4 Å². The molecule has 0 atom stereocenters. The van der Waals surface area contributed by atoms with Crippen molar-refractivity contribution in [2.45, 2.75) is 6.42 Å². The van der Waals surface area contributed by atoms with Crippen LogP contribution in [-0.2, 0) is 4.74 Å². The maximum atomic E-state index is 5.07. The molecule has 1 heterocycles. The van der Waals surface area contributed by atoms with Gasteiger partial charge >= 0.3 is 0 Å². The van der Waals surface area contributed by atoms with Crippen molar-refractivity contribution in [3.05, 3.63) is 36.4 Å². The van der Waals surface area contributed by atoms with Gasteiger partial charge in [-0.3, -0.25) is 0 Å². The van der Waals surface area contributed by atoms with Crippen LogP contribution in [0, 0.1) is 0 Å². The third-order valence-electron chi connectivity index (χ3n) is 3.47. The van der Waals surface area contributed by atoms with E-state index in [0.717, 1.165) is 36.6 Å². The summed E-state index contributed by atoms with van der Waals surface area (Å²) in [5, 5.41) is 6.60. The zero-order valence-corrected chi connectivity index (χ0v) is 14.7. The Kier molecular flexibility index (Phi) is 7.45. The van der Waals surface area contributed by atoms with Crippen molar-refractivity contribution in [3.63, 3.8) is 0 Å². The molecule has 0 saturated heterocycles. The molecule has 2 aromatic rings. The SMILES string of the molecule is COCCNc1nc(NCCCN(C)C)cc(-c2ccccc2)n1. The Balaban J connectivity index is 2.11. The molecule has 0 fully saturated rings. The number of anilines is 2. The summed E-state index contributed by atoms with van der Waals surface area (Å²) >= 11 is 0. The highest BCUT2D eigenvalue weighted by Gasteiger charge is 2.06. The van der Waals surface area contributed by atoms with Gasteiger partial charge in [-0.15, -0.1) is 0 Å². The zero-order valence-electron chi connectivity index (χ0n) is 14.7. The maximum Gasteiger partial charge on any atom is 0.225 e. The van der Waals surface area contributed by atoms with Gasteiger partial charge in [0.05, 0.1) is 12.3 Å². The van der Waals surface area contributed by atoms with E-state index in [4.69, 9.17) is 4.74 Å². The standard InChI is InChI=1S/C18H27N5O/c1-23(2)12-7-10-19-17-14-16(15-8-5-4-6-9-15)21-18(22-17)20-11-13-24-3/h4-6,8-9,14H,7,10-13H2,1-3H3,(H2,19,20,21,22). The molecule has 2 rings (SSSR count). The number of hydrogen-bond donors (Lipinski definition) is 2. The first-order chi connectivity index (χ1) is 11.7. The molecule has 0 aliphatic rings. The second kappa shape index (κ2) is 9.85. The normalized spacial score (nSPS) is 10.8. The molecule has 6 heteroatoms. The van der Waals surface area contributed by atoms with E-state index < -0.39 is 0 Å². The first kappa shape index (κ1) is 18.2. The van der Waals surface area contributed by atoms with Gasteiger partial charge in [0, 0.05) is 31.8 Å². The van der Waals surface area contributed by atoms with E-state index in [1.165, 1.54) is 0 Å². The van der Waals surface area contributed by atoms with Crippen molar-refractivity contribution in [1.29, 1.82) is 0 Å². The van der Waals surface area contributed by atoms with E-state index in [1.54, 1.807) is 7.11 Å². The van der Waals surface area contributed by atoms with Gasteiger partial charge < -0.3 is 20.3 Å². The molecule has 0 saturated carbocycles. The number of hydrogen-bond acceptors (Lipinski definition) is 6. The largest absolute Gasteiger partial charge is 0.383 e. The number of rotatable bonds is 10. The Labute approximate surface area is 144 Å². The number of benzene rings is 1. The highest BCUT2D eigenvalue weighted by Crippen LogP contribution is 2.21. The van der Waals surface area contributed by atoms with E-state index in [1.807, 2.05) is 24.3 Å². The van der Waals surface area contributed by atoms with Gasteiger partial charge in [-0.1, -0.05) is 30.3 Å². The van der Waals surface area contributed by atoms with Crippen LogP contribution in [0.5, 0.6) is 0 Å². The van der Waals surface area contributed by atoms with Crippen LogP contribution in [0.4, 0.5) is 11.8 Å². The fraction of sp³-hybridized carbons (Fsp3) is 0.444. The van der Waals surface area contributed by atoms with Crippen molar-refractivity contribution >= 4 is 11.8 Å². The van der Waals surface area contributed by atoms with Crippen LogP contribution < -0.4 is 10.6 Å². The monoisotopic (exact) mass is 329 g/mol. The summed E-state index contributed by atoms with van der Waals surface area (Å²) < 4.78 is 5.07. The Hall–Kier alpha value is -2.18. The summed E-state index contributed by atoms with van der Waals surface area (Å²) in [5.74, 6) is 1.45. The van der Waals surface area contributed by atoms with Crippen LogP contribution in [0.1, 0.15) is 6.42 Å². The van der Waals surface area contributed by atoms with E-state index in [-0.39, 0.29) is 0 Å². The van der Waals surface area contributed by atoms with Crippen molar-refractivity contribution < 1.29 is 4.74 Å². The number of nitrogens with one attached hydrogen (secondary N) is 2. The molecule has 0 radical (unpaired) electrons. The quantitative estimate of drug-likeness (QED) is 0.653. The number of methoxy groups -OCH3 is 1. The van der Waals surface area contributed by atoms with E-state index in [2.05, 4.69) is 51.7 Å². The Morgan fingerprint density at radius 1 is 1.04 bits per heavy atom. The third-order valence-corrected chi connectivity index (χ3v) is 3.47. The summed E-state index contributed by atoms with van der Waals surface area (Å²) in [7, 11) is 5.84. The topological polar surface area (TPSA) is 62.3 Å². The molecular formula is C18H27N5O. The molecule has 0 unspecified atom stereocenters. The molecule has 0 aliphatic heterocycles. The molecule has 0 spiro atoms. The van der Waals surface area contributed by atoms with Crippen molar-refractivity contribution in [3.8, 4) is 11.3 Å². The predicted octanol–water partition coefficient (Wildman–Crippen LogP) is 2.57. The highest BCUT2D eigenvalue weighted by molar-refractivity contribution is 5.64. The number of ether oxygens (including phenoxy) is 1. The lowest BCUT2D eigenvalue weighted by Crippen LogP contribution is -2.17. The molecule has 1 aromatic carbocycles. The summed E-state index contributed by atoms with van der Waals surface area (Å²) in [6, 6.07) is 12.1. The van der Waals surface area contributed by atoms with Crippen LogP contribution in [-0.4, -0.2) is 62.3 Å². The summed E-state index contributed by atoms with van der Waals surface area (Å²) in [4.78, 5) is 11.3. The lowest BCUT2D eigenvalue weighted by molar-refractivity contribution is 0.210. The third kappa shape index (κ3) is 6.14. The van der Waals surface area contributed by atoms with E-state index >= 15 is 0 Å². The number of nitrogens with zero attached hydrogens (tertiary/aromatic N) is 3. The first-order valence-corrected chi connectivity index (χ1v) is 8.25. The van der Waals surface area contributed by atoms with Crippen LogP contribution in [0.3, 0.4) is 0 Å². The lowest BCUT2D eigenvalue weighted by Gasteiger charge is -2.13. The fourth-order valence-corrected chi connectivity index (χ4v) is 2.25. The van der Waals surface area contributed by atoms with Crippen molar-refractivity contribution in [1.82, 2.24) is 14.9 Å².